The Balaban J connectivity index is 2.22. The molecule has 1 aromatic heterocycles. The highest BCUT2D eigenvalue weighted by atomic mass is 79.9. The van der Waals surface area contributed by atoms with E-state index < -0.39 is 6.61 Å². The third-order valence-corrected chi connectivity index (χ3v) is 3.74. The maximum absolute atomic E-state index is 12.3. The minimum atomic E-state index is -2.94. The maximum Gasteiger partial charge on any atom is 0.387 e. The number of benzene rings is 1. The minimum Gasteiger partial charge on any atom is -0.493 e. The van der Waals surface area contributed by atoms with Gasteiger partial charge in [0.1, 0.15) is 5.69 Å². The molecule has 8 heteroatoms. The molecule has 24 heavy (non-hydrogen) atoms. The van der Waals surface area contributed by atoms with Gasteiger partial charge < -0.3 is 9.47 Å². The lowest BCUT2D eigenvalue weighted by atomic mass is 10.1. The van der Waals surface area contributed by atoms with E-state index in [1.807, 2.05) is 6.92 Å². The monoisotopic (exact) mass is 400 g/mol. The van der Waals surface area contributed by atoms with E-state index in [0.29, 0.717) is 22.3 Å². The van der Waals surface area contributed by atoms with Crippen LogP contribution in [0.1, 0.15) is 23.0 Å². The van der Waals surface area contributed by atoms with Crippen molar-refractivity contribution in [2.45, 2.75) is 20.1 Å². The maximum atomic E-state index is 12.3. The number of carbonyl (C=O) groups excluding carboxylic acids is 1. The largest absolute Gasteiger partial charge is 0.493 e. The number of aromatic nitrogens is 2. The van der Waals surface area contributed by atoms with Crippen LogP contribution in [0.3, 0.4) is 0 Å². The zero-order valence-electron chi connectivity index (χ0n) is 13.0. The number of rotatable bonds is 7. The summed E-state index contributed by atoms with van der Waals surface area (Å²) < 4.78 is 36.2. The molecular weight excluding hydrogens is 386 g/mol. The molecule has 0 radical (unpaired) electrons. The predicted octanol–water partition coefficient (Wildman–Crippen LogP) is 4.17. The second-order valence-corrected chi connectivity index (χ2v) is 5.50. The Hall–Kier alpha value is -2.22. The number of alkyl halides is 2. The quantitative estimate of drug-likeness (QED) is 0.516. The average Bonchev–Trinajstić information content (AvgIpc) is 2.94. The zero-order valence-corrected chi connectivity index (χ0v) is 14.6. The number of carbonyl (C=O) groups is 1. The first-order valence-electron chi connectivity index (χ1n) is 7.02. The summed E-state index contributed by atoms with van der Waals surface area (Å²) >= 11 is 3.29. The molecule has 1 aromatic carbocycles. The molecule has 5 nitrogen and oxygen atoms in total. The van der Waals surface area contributed by atoms with Gasteiger partial charge in [-0.2, -0.15) is 13.9 Å². The standard InChI is InChI=1S/C16H15BrF2N2O3/c1-3-21-15(11(17)9-20-21)12(22)6-4-10-5-7-13(24-16(18)19)14(8-10)23-2/h4-9,16H,3H2,1-2H3/b6-4+. The van der Waals surface area contributed by atoms with Crippen molar-refractivity contribution in [3.63, 3.8) is 0 Å². The van der Waals surface area contributed by atoms with Crippen LogP contribution in [0, 0.1) is 0 Å². The summed E-state index contributed by atoms with van der Waals surface area (Å²) in [6.07, 6.45) is 4.51. The molecule has 1 heterocycles. The number of nitrogens with zero attached hydrogens (tertiary/aromatic N) is 2. The van der Waals surface area contributed by atoms with Gasteiger partial charge in [0, 0.05) is 6.54 Å². The first kappa shape index (κ1) is 18.1. The molecule has 0 amide bonds. The van der Waals surface area contributed by atoms with Crippen LogP contribution in [0.4, 0.5) is 8.78 Å². The van der Waals surface area contributed by atoms with Gasteiger partial charge in [0.05, 0.1) is 17.8 Å². The zero-order chi connectivity index (χ0) is 17.7. The number of hydrogen-bond acceptors (Lipinski definition) is 4. The van der Waals surface area contributed by atoms with Gasteiger partial charge in [-0.15, -0.1) is 0 Å². The van der Waals surface area contributed by atoms with Crippen LogP contribution in [0.25, 0.3) is 6.08 Å². The van der Waals surface area contributed by atoms with E-state index in [2.05, 4.69) is 25.8 Å². The van der Waals surface area contributed by atoms with Crippen molar-refractivity contribution in [2.24, 2.45) is 0 Å². The van der Waals surface area contributed by atoms with E-state index in [-0.39, 0.29) is 17.3 Å². The third-order valence-electron chi connectivity index (χ3n) is 3.16. The highest BCUT2D eigenvalue weighted by molar-refractivity contribution is 9.10. The third kappa shape index (κ3) is 4.19. The van der Waals surface area contributed by atoms with Crippen LogP contribution >= 0.6 is 15.9 Å². The SMILES string of the molecule is CCn1ncc(Br)c1C(=O)/C=C/c1ccc(OC(F)F)c(OC)c1. The van der Waals surface area contributed by atoms with Crippen LogP contribution < -0.4 is 9.47 Å². The molecule has 0 bridgehead atoms. The van der Waals surface area contributed by atoms with E-state index in [1.54, 1.807) is 23.0 Å². The van der Waals surface area contributed by atoms with E-state index in [0.717, 1.165) is 0 Å². The second kappa shape index (κ2) is 8.05. The van der Waals surface area contributed by atoms with E-state index in [1.165, 1.54) is 25.3 Å². The topological polar surface area (TPSA) is 53.4 Å². The number of hydrogen-bond donors (Lipinski definition) is 0. The number of methoxy groups -OCH3 is 1. The molecule has 0 aliphatic carbocycles. The number of ether oxygens (including phenoxy) is 2. The molecule has 0 atom stereocenters. The summed E-state index contributed by atoms with van der Waals surface area (Å²) in [6.45, 7) is -0.492. The van der Waals surface area contributed by atoms with Gasteiger partial charge in [0.15, 0.2) is 11.5 Å². The highest BCUT2D eigenvalue weighted by Gasteiger charge is 2.14. The number of halogens is 3. The lowest BCUT2D eigenvalue weighted by Crippen LogP contribution is -2.07. The van der Waals surface area contributed by atoms with Crippen molar-refractivity contribution >= 4 is 27.8 Å². The Labute approximate surface area is 146 Å². The highest BCUT2D eigenvalue weighted by Crippen LogP contribution is 2.30. The van der Waals surface area contributed by atoms with Crippen molar-refractivity contribution in [3.05, 3.63) is 46.2 Å². The summed E-state index contributed by atoms with van der Waals surface area (Å²) in [6, 6.07) is 4.42. The first-order valence-corrected chi connectivity index (χ1v) is 7.82. The lowest BCUT2D eigenvalue weighted by Gasteiger charge is -2.10. The van der Waals surface area contributed by atoms with Crippen LogP contribution in [-0.4, -0.2) is 29.3 Å². The number of aryl methyl sites for hydroxylation is 1. The molecule has 0 saturated heterocycles. The van der Waals surface area contributed by atoms with Gasteiger partial charge in [-0.1, -0.05) is 12.1 Å². The summed E-state index contributed by atoms with van der Waals surface area (Å²) in [4.78, 5) is 12.3. The molecule has 0 fully saturated rings. The van der Waals surface area contributed by atoms with Crippen LogP contribution in [0.2, 0.25) is 0 Å². The molecule has 0 spiro atoms. The van der Waals surface area contributed by atoms with Crippen molar-refractivity contribution in [1.29, 1.82) is 0 Å². The van der Waals surface area contributed by atoms with Crippen molar-refractivity contribution < 1.29 is 23.0 Å². The van der Waals surface area contributed by atoms with E-state index in [9.17, 15) is 13.6 Å². The lowest BCUT2D eigenvalue weighted by molar-refractivity contribution is -0.0512. The van der Waals surface area contributed by atoms with E-state index in [4.69, 9.17) is 4.74 Å². The van der Waals surface area contributed by atoms with Gasteiger partial charge in [-0.3, -0.25) is 9.48 Å². The number of ketones is 1. The normalized spacial score (nSPS) is 11.2. The first-order chi connectivity index (χ1) is 11.5. The summed E-state index contributed by atoms with van der Waals surface area (Å²) in [5, 5.41) is 4.08. The summed E-state index contributed by atoms with van der Waals surface area (Å²) in [5.74, 6) is -0.138. The van der Waals surface area contributed by atoms with Crippen molar-refractivity contribution in [3.8, 4) is 11.5 Å². The second-order valence-electron chi connectivity index (χ2n) is 4.64. The predicted molar refractivity (Wildman–Crippen MR) is 88.6 cm³/mol. The van der Waals surface area contributed by atoms with Crippen LogP contribution in [0.5, 0.6) is 11.5 Å². The Morgan fingerprint density at radius 3 is 2.79 bits per heavy atom. The fourth-order valence-electron chi connectivity index (χ4n) is 2.08. The van der Waals surface area contributed by atoms with Crippen LogP contribution in [-0.2, 0) is 6.54 Å². The van der Waals surface area contributed by atoms with Crippen molar-refractivity contribution in [1.82, 2.24) is 9.78 Å². The molecule has 128 valence electrons. The van der Waals surface area contributed by atoms with Crippen molar-refractivity contribution in [2.75, 3.05) is 7.11 Å². The average molecular weight is 401 g/mol. The van der Waals surface area contributed by atoms with Gasteiger partial charge in [0.2, 0.25) is 5.78 Å². The van der Waals surface area contributed by atoms with Gasteiger partial charge in [-0.05, 0) is 46.6 Å². The molecule has 0 N–H and O–H groups in total. The Kier molecular flexibility index (Phi) is 6.08. The van der Waals surface area contributed by atoms with E-state index >= 15 is 0 Å². The number of allylic oxidation sites excluding steroid dienone is 1. The molecule has 0 saturated carbocycles. The molecule has 0 unspecified atom stereocenters. The molecule has 2 rings (SSSR count). The van der Waals surface area contributed by atoms with Gasteiger partial charge in [0.25, 0.3) is 0 Å². The Morgan fingerprint density at radius 2 is 2.17 bits per heavy atom. The fraction of sp³-hybridized carbons (Fsp3) is 0.250. The Bertz CT molecular complexity index is 760. The smallest absolute Gasteiger partial charge is 0.387 e. The van der Waals surface area contributed by atoms with Gasteiger partial charge >= 0.3 is 6.61 Å². The minimum absolute atomic E-state index is 0.0669. The molecular formula is C16H15BrF2N2O3. The molecule has 2 aromatic rings. The Morgan fingerprint density at radius 1 is 1.42 bits per heavy atom. The fourth-order valence-corrected chi connectivity index (χ4v) is 2.57. The molecule has 0 aliphatic rings. The summed E-state index contributed by atoms with van der Waals surface area (Å²) in [5.41, 5.74) is 1.05. The summed E-state index contributed by atoms with van der Waals surface area (Å²) in [7, 11) is 1.35. The van der Waals surface area contributed by atoms with Crippen LogP contribution in [0.15, 0.2) is 34.9 Å². The molecule has 0 aliphatic heterocycles. The van der Waals surface area contributed by atoms with Gasteiger partial charge in [-0.25, -0.2) is 0 Å².